The number of ether oxygens (including phenoxy) is 1. The number of aryl methyl sites for hydroxylation is 1. The molecule has 0 radical (unpaired) electrons. The lowest BCUT2D eigenvalue weighted by molar-refractivity contribution is 0.0957. The van der Waals surface area contributed by atoms with Crippen molar-refractivity contribution < 1.29 is 9.53 Å². The molecule has 0 saturated heterocycles. The van der Waals surface area contributed by atoms with Gasteiger partial charge >= 0.3 is 0 Å². The van der Waals surface area contributed by atoms with Gasteiger partial charge in [0, 0.05) is 6.42 Å². The quantitative estimate of drug-likeness (QED) is 0.756. The topological polar surface area (TPSA) is 26.3 Å². The molecule has 1 saturated carbocycles. The Morgan fingerprint density at radius 1 is 1.22 bits per heavy atom. The summed E-state index contributed by atoms with van der Waals surface area (Å²) in [5.74, 6) is 1.75. The Kier molecular flexibility index (Phi) is 3.35. The molecule has 0 atom stereocenters. The molecule has 0 amide bonds. The molecule has 3 rings (SSSR count). The highest BCUT2D eigenvalue weighted by atomic mass is 16.5. The van der Waals surface area contributed by atoms with Gasteiger partial charge in [-0.15, -0.1) is 0 Å². The van der Waals surface area contributed by atoms with Gasteiger partial charge in [-0.05, 0) is 30.4 Å². The van der Waals surface area contributed by atoms with Gasteiger partial charge in [0.1, 0.15) is 5.75 Å². The second kappa shape index (κ2) is 5.13. The Bertz CT molecular complexity index is 444. The van der Waals surface area contributed by atoms with Crippen molar-refractivity contribution in [2.75, 3.05) is 6.61 Å². The summed E-state index contributed by atoms with van der Waals surface area (Å²) in [5, 5.41) is 0. The van der Waals surface area contributed by atoms with Gasteiger partial charge in [0.15, 0.2) is 5.78 Å². The van der Waals surface area contributed by atoms with Gasteiger partial charge in [-0.1, -0.05) is 37.8 Å². The number of rotatable bonds is 3. The highest BCUT2D eigenvalue weighted by Crippen LogP contribution is 2.33. The van der Waals surface area contributed by atoms with Gasteiger partial charge in [0.2, 0.25) is 0 Å². The fourth-order valence-electron chi connectivity index (χ4n) is 3.20. The molecular formula is C16H20O2. The smallest absolute Gasteiger partial charge is 0.166 e. The molecule has 2 aliphatic rings. The van der Waals surface area contributed by atoms with Crippen LogP contribution in [0.25, 0.3) is 0 Å². The molecule has 1 aliphatic carbocycles. The van der Waals surface area contributed by atoms with Crippen molar-refractivity contribution in [3.63, 3.8) is 0 Å². The maximum Gasteiger partial charge on any atom is 0.166 e. The van der Waals surface area contributed by atoms with E-state index in [-0.39, 0.29) is 5.78 Å². The zero-order valence-electron chi connectivity index (χ0n) is 10.8. The van der Waals surface area contributed by atoms with Gasteiger partial charge < -0.3 is 4.74 Å². The van der Waals surface area contributed by atoms with Gasteiger partial charge in [0.25, 0.3) is 0 Å². The maximum absolute atomic E-state index is 12.4. The minimum atomic E-state index is 0.278. The fraction of sp³-hybridized carbons (Fsp3) is 0.562. The summed E-state index contributed by atoms with van der Waals surface area (Å²) < 4.78 is 5.72. The average molecular weight is 244 g/mol. The first kappa shape index (κ1) is 11.8. The van der Waals surface area contributed by atoms with Gasteiger partial charge in [-0.2, -0.15) is 0 Å². The van der Waals surface area contributed by atoms with Crippen LogP contribution in [-0.2, 0) is 6.42 Å². The molecule has 1 aromatic carbocycles. The van der Waals surface area contributed by atoms with Crippen LogP contribution in [0.3, 0.4) is 0 Å². The van der Waals surface area contributed by atoms with E-state index in [1.807, 2.05) is 12.1 Å². The highest BCUT2D eigenvalue weighted by Gasteiger charge is 2.23. The highest BCUT2D eigenvalue weighted by molar-refractivity contribution is 5.99. The molecule has 0 N–H and O–H groups in total. The minimum Gasteiger partial charge on any atom is -0.493 e. The van der Waals surface area contributed by atoms with Gasteiger partial charge in [-0.25, -0.2) is 0 Å². The number of hydrogen-bond donors (Lipinski definition) is 0. The third kappa shape index (κ3) is 2.29. The van der Waals surface area contributed by atoms with Crippen molar-refractivity contribution in [2.45, 2.75) is 44.9 Å². The van der Waals surface area contributed by atoms with Crippen LogP contribution in [0, 0.1) is 5.92 Å². The summed E-state index contributed by atoms with van der Waals surface area (Å²) >= 11 is 0. The molecule has 0 unspecified atom stereocenters. The van der Waals surface area contributed by atoms with Crippen LogP contribution in [0.5, 0.6) is 5.75 Å². The van der Waals surface area contributed by atoms with Crippen molar-refractivity contribution in [1.82, 2.24) is 0 Å². The molecule has 96 valence electrons. The SMILES string of the molecule is O=C(CC1CCCC1)c1cccc2c1OCCC2. The number of ketones is 1. The second-order valence-corrected chi connectivity index (χ2v) is 5.52. The number of Topliss-reactive ketones (excluding diaryl/α,β-unsaturated/α-hetero) is 1. The Morgan fingerprint density at radius 2 is 2.06 bits per heavy atom. The lowest BCUT2D eigenvalue weighted by Crippen LogP contribution is -2.14. The van der Waals surface area contributed by atoms with E-state index in [1.54, 1.807) is 0 Å². The minimum absolute atomic E-state index is 0.278. The van der Waals surface area contributed by atoms with E-state index in [4.69, 9.17) is 4.74 Å². The summed E-state index contributed by atoms with van der Waals surface area (Å²) in [6, 6.07) is 6.01. The molecule has 2 nitrogen and oxygen atoms in total. The normalized spacial score (nSPS) is 19.3. The van der Waals surface area contributed by atoms with E-state index in [0.29, 0.717) is 12.3 Å². The van der Waals surface area contributed by atoms with Gasteiger partial charge in [-0.3, -0.25) is 4.79 Å². The predicted molar refractivity (Wildman–Crippen MR) is 71.2 cm³/mol. The van der Waals surface area contributed by atoms with Crippen molar-refractivity contribution >= 4 is 5.78 Å². The third-order valence-electron chi connectivity index (χ3n) is 4.18. The van der Waals surface area contributed by atoms with Crippen molar-refractivity contribution in [1.29, 1.82) is 0 Å². The van der Waals surface area contributed by atoms with Crippen LogP contribution in [-0.4, -0.2) is 12.4 Å². The monoisotopic (exact) mass is 244 g/mol. The number of fused-ring (bicyclic) bond motifs is 1. The molecule has 2 heteroatoms. The van der Waals surface area contributed by atoms with E-state index in [9.17, 15) is 4.79 Å². The predicted octanol–water partition coefficient (Wildman–Crippen LogP) is 3.77. The zero-order chi connectivity index (χ0) is 12.4. The van der Waals surface area contributed by atoms with Crippen LogP contribution in [0.15, 0.2) is 18.2 Å². The zero-order valence-corrected chi connectivity index (χ0v) is 10.8. The first-order valence-electron chi connectivity index (χ1n) is 7.12. The van der Waals surface area contributed by atoms with E-state index < -0.39 is 0 Å². The van der Waals surface area contributed by atoms with E-state index >= 15 is 0 Å². The maximum atomic E-state index is 12.4. The summed E-state index contributed by atoms with van der Waals surface area (Å²) in [5.41, 5.74) is 2.03. The van der Waals surface area contributed by atoms with Crippen LogP contribution < -0.4 is 4.74 Å². The average Bonchev–Trinajstić information content (AvgIpc) is 2.91. The molecule has 1 aliphatic heterocycles. The molecule has 0 aromatic heterocycles. The third-order valence-corrected chi connectivity index (χ3v) is 4.18. The summed E-state index contributed by atoms with van der Waals surface area (Å²) in [7, 11) is 0. The van der Waals surface area contributed by atoms with Crippen LogP contribution in [0.2, 0.25) is 0 Å². The Hall–Kier alpha value is -1.31. The number of carbonyl (C=O) groups is 1. The summed E-state index contributed by atoms with van der Waals surface area (Å²) in [4.78, 5) is 12.4. The molecule has 1 heterocycles. The lowest BCUT2D eigenvalue weighted by Gasteiger charge is -2.20. The first-order valence-corrected chi connectivity index (χ1v) is 7.12. The second-order valence-electron chi connectivity index (χ2n) is 5.52. The largest absolute Gasteiger partial charge is 0.493 e. The molecule has 0 bridgehead atoms. The van der Waals surface area contributed by atoms with Crippen LogP contribution in [0.1, 0.15) is 54.4 Å². The van der Waals surface area contributed by atoms with Crippen LogP contribution >= 0.6 is 0 Å². The first-order chi connectivity index (χ1) is 8.84. The van der Waals surface area contributed by atoms with Crippen LogP contribution in [0.4, 0.5) is 0 Å². The number of hydrogen-bond acceptors (Lipinski definition) is 2. The van der Waals surface area contributed by atoms with E-state index in [2.05, 4.69) is 6.07 Å². The number of para-hydroxylation sites is 1. The fourth-order valence-corrected chi connectivity index (χ4v) is 3.20. The number of benzene rings is 1. The molecular weight excluding hydrogens is 224 g/mol. The molecule has 18 heavy (non-hydrogen) atoms. The van der Waals surface area contributed by atoms with Crippen molar-refractivity contribution in [2.24, 2.45) is 5.92 Å². The Labute approximate surface area is 108 Å². The standard InChI is InChI=1S/C16H20O2/c17-15(11-12-5-1-2-6-12)14-9-3-7-13-8-4-10-18-16(13)14/h3,7,9,12H,1-2,4-6,8,10-11H2. The summed E-state index contributed by atoms with van der Waals surface area (Å²) in [6.07, 6.45) is 7.85. The Morgan fingerprint density at radius 3 is 2.89 bits per heavy atom. The van der Waals surface area contributed by atoms with E-state index in [0.717, 1.165) is 30.8 Å². The number of carbonyl (C=O) groups excluding carboxylic acids is 1. The molecule has 1 fully saturated rings. The lowest BCUT2D eigenvalue weighted by atomic mass is 9.94. The van der Waals surface area contributed by atoms with Crippen molar-refractivity contribution in [3.05, 3.63) is 29.3 Å². The summed E-state index contributed by atoms with van der Waals surface area (Å²) in [6.45, 7) is 0.751. The van der Waals surface area contributed by atoms with E-state index in [1.165, 1.54) is 31.2 Å². The van der Waals surface area contributed by atoms with Crippen molar-refractivity contribution in [3.8, 4) is 5.75 Å². The van der Waals surface area contributed by atoms with Gasteiger partial charge in [0.05, 0.1) is 12.2 Å². The Balaban J connectivity index is 1.80. The molecule has 1 aromatic rings. The molecule has 0 spiro atoms.